The van der Waals surface area contributed by atoms with E-state index >= 15 is 0 Å². The van der Waals surface area contributed by atoms with Gasteiger partial charge in [0.15, 0.2) is 5.65 Å². The molecule has 2 heterocycles. The van der Waals surface area contributed by atoms with Gasteiger partial charge in [0.25, 0.3) is 5.91 Å². The van der Waals surface area contributed by atoms with E-state index in [1.807, 2.05) is 17.7 Å². The first-order valence-electron chi connectivity index (χ1n) is 9.23. The fourth-order valence-electron chi connectivity index (χ4n) is 3.29. The molecule has 1 aromatic carbocycles. The molecule has 0 aliphatic carbocycles. The number of para-hydroxylation sites is 1. The summed E-state index contributed by atoms with van der Waals surface area (Å²) in [5.41, 5.74) is 5.41. The minimum atomic E-state index is -0.112. The highest BCUT2D eigenvalue weighted by Crippen LogP contribution is 2.26. The van der Waals surface area contributed by atoms with Crippen LogP contribution in [-0.4, -0.2) is 20.7 Å². The largest absolute Gasteiger partial charge is 0.321 e. The average Bonchev–Trinajstić information content (AvgIpc) is 3.04. The molecule has 0 spiro atoms. The first-order valence-corrected chi connectivity index (χ1v) is 9.23. The maximum Gasteiger partial charge on any atom is 0.256 e. The van der Waals surface area contributed by atoms with Gasteiger partial charge in [-0.1, -0.05) is 32.0 Å². The minimum absolute atomic E-state index is 0.112. The normalized spacial score (nSPS) is 11.3. The molecule has 26 heavy (non-hydrogen) atoms. The Morgan fingerprint density at radius 2 is 1.85 bits per heavy atom. The molecule has 3 rings (SSSR count). The van der Waals surface area contributed by atoms with E-state index in [4.69, 9.17) is 0 Å². The van der Waals surface area contributed by atoms with Crippen molar-refractivity contribution in [3.63, 3.8) is 0 Å². The van der Waals surface area contributed by atoms with Gasteiger partial charge >= 0.3 is 0 Å². The second-order valence-corrected chi connectivity index (χ2v) is 6.84. The number of benzene rings is 1. The minimum Gasteiger partial charge on any atom is -0.321 e. The van der Waals surface area contributed by atoms with Gasteiger partial charge in [0.2, 0.25) is 0 Å². The number of aromatic nitrogens is 3. The van der Waals surface area contributed by atoms with E-state index in [-0.39, 0.29) is 11.9 Å². The van der Waals surface area contributed by atoms with Crippen LogP contribution in [0.15, 0.2) is 30.5 Å². The molecule has 0 fully saturated rings. The van der Waals surface area contributed by atoms with Crippen LogP contribution in [0.25, 0.3) is 11.0 Å². The maximum atomic E-state index is 13.1. The standard InChI is InChI=1S/C21H26N4O/c1-6-15-9-8-10-16(7-2)19(15)24-21(26)17-11-14(5)23-20-18(17)12-22-25(20)13(3)4/h8-13H,6-7H2,1-5H3,(H,24,26). The Hall–Kier alpha value is -2.69. The predicted molar refractivity (Wildman–Crippen MR) is 106 cm³/mol. The molecular formula is C21H26N4O. The van der Waals surface area contributed by atoms with Gasteiger partial charge in [-0.05, 0) is 50.8 Å². The molecule has 136 valence electrons. The van der Waals surface area contributed by atoms with Gasteiger partial charge in [0.05, 0.1) is 17.1 Å². The van der Waals surface area contributed by atoms with Gasteiger partial charge in [-0.25, -0.2) is 9.67 Å². The quantitative estimate of drug-likeness (QED) is 0.726. The number of fused-ring (bicyclic) bond motifs is 1. The van der Waals surface area contributed by atoms with Crippen molar-refractivity contribution in [3.05, 3.63) is 52.8 Å². The number of pyridine rings is 1. The molecule has 0 saturated heterocycles. The number of nitrogens with zero attached hydrogens (tertiary/aromatic N) is 3. The number of anilines is 1. The topological polar surface area (TPSA) is 59.8 Å². The van der Waals surface area contributed by atoms with Crippen molar-refractivity contribution in [3.8, 4) is 0 Å². The summed E-state index contributed by atoms with van der Waals surface area (Å²) in [7, 11) is 0. The Kier molecular flexibility index (Phi) is 5.07. The van der Waals surface area contributed by atoms with Crippen LogP contribution in [0.5, 0.6) is 0 Å². The second-order valence-electron chi connectivity index (χ2n) is 6.84. The lowest BCUT2D eigenvalue weighted by Gasteiger charge is -2.15. The summed E-state index contributed by atoms with van der Waals surface area (Å²) in [5.74, 6) is -0.112. The second kappa shape index (κ2) is 7.28. The fourth-order valence-corrected chi connectivity index (χ4v) is 3.29. The van der Waals surface area contributed by atoms with Crippen molar-refractivity contribution in [1.82, 2.24) is 14.8 Å². The maximum absolute atomic E-state index is 13.1. The highest BCUT2D eigenvalue weighted by atomic mass is 16.1. The lowest BCUT2D eigenvalue weighted by atomic mass is 10.0. The molecule has 1 amide bonds. The van der Waals surface area contributed by atoms with Crippen LogP contribution in [-0.2, 0) is 12.8 Å². The fraction of sp³-hybridized carbons (Fsp3) is 0.381. The highest BCUT2D eigenvalue weighted by Gasteiger charge is 2.18. The van der Waals surface area contributed by atoms with Crippen molar-refractivity contribution in [2.24, 2.45) is 0 Å². The molecule has 5 heteroatoms. The van der Waals surface area contributed by atoms with Gasteiger partial charge in [-0.3, -0.25) is 4.79 Å². The molecule has 5 nitrogen and oxygen atoms in total. The molecule has 0 aliphatic heterocycles. The lowest BCUT2D eigenvalue weighted by molar-refractivity contribution is 0.102. The van der Waals surface area contributed by atoms with Crippen molar-refractivity contribution in [2.75, 3.05) is 5.32 Å². The van der Waals surface area contributed by atoms with E-state index < -0.39 is 0 Å². The van der Waals surface area contributed by atoms with Crippen molar-refractivity contribution in [1.29, 1.82) is 0 Å². The molecule has 3 aromatic rings. The zero-order valence-electron chi connectivity index (χ0n) is 16.1. The molecule has 0 saturated carbocycles. The van der Waals surface area contributed by atoms with Gasteiger partial charge in [0.1, 0.15) is 0 Å². The zero-order chi connectivity index (χ0) is 18.8. The van der Waals surface area contributed by atoms with Crippen LogP contribution in [0.3, 0.4) is 0 Å². The Bertz CT molecular complexity index is 934. The van der Waals surface area contributed by atoms with E-state index in [1.54, 1.807) is 6.20 Å². The number of hydrogen-bond donors (Lipinski definition) is 1. The summed E-state index contributed by atoms with van der Waals surface area (Å²) in [6, 6.07) is 8.21. The molecule has 1 N–H and O–H groups in total. The highest BCUT2D eigenvalue weighted by molar-refractivity contribution is 6.12. The monoisotopic (exact) mass is 350 g/mol. The predicted octanol–water partition coefficient (Wildman–Crippen LogP) is 4.70. The number of rotatable bonds is 5. The summed E-state index contributed by atoms with van der Waals surface area (Å²) in [6.45, 7) is 10.2. The average molecular weight is 350 g/mol. The lowest BCUT2D eigenvalue weighted by Crippen LogP contribution is -2.16. The molecular weight excluding hydrogens is 324 g/mol. The third-order valence-corrected chi connectivity index (χ3v) is 4.67. The summed E-state index contributed by atoms with van der Waals surface area (Å²) in [4.78, 5) is 17.7. The van der Waals surface area contributed by atoms with E-state index in [0.717, 1.165) is 46.4 Å². The number of nitrogens with one attached hydrogen (secondary N) is 1. The number of carbonyl (C=O) groups excluding carboxylic acids is 1. The number of amides is 1. The van der Waals surface area contributed by atoms with Crippen molar-refractivity contribution >= 4 is 22.6 Å². The van der Waals surface area contributed by atoms with Crippen LogP contribution < -0.4 is 5.32 Å². The zero-order valence-corrected chi connectivity index (χ0v) is 16.1. The van der Waals surface area contributed by atoms with E-state index in [9.17, 15) is 4.79 Å². The summed E-state index contributed by atoms with van der Waals surface area (Å²) < 4.78 is 1.86. The van der Waals surface area contributed by atoms with Crippen LogP contribution >= 0.6 is 0 Å². The Balaban J connectivity index is 2.07. The molecule has 0 atom stereocenters. The number of hydrogen-bond acceptors (Lipinski definition) is 3. The van der Waals surface area contributed by atoms with Crippen LogP contribution in [0.4, 0.5) is 5.69 Å². The molecule has 0 unspecified atom stereocenters. The molecule has 0 bridgehead atoms. The molecule has 0 aliphatic rings. The number of aryl methyl sites for hydroxylation is 3. The smallest absolute Gasteiger partial charge is 0.256 e. The molecule has 0 radical (unpaired) electrons. The third kappa shape index (κ3) is 3.21. The van der Waals surface area contributed by atoms with Gasteiger partial charge in [0, 0.05) is 17.4 Å². The van der Waals surface area contributed by atoms with Crippen LogP contribution in [0.2, 0.25) is 0 Å². The summed E-state index contributed by atoms with van der Waals surface area (Å²) in [5, 5.41) is 8.36. The van der Waals surface area contributed by atoms with Crippen LogP contribution in [0.1, 0.15) is 60.9 Å². The summed E-state index contributed by atoms with van der Waals surface area (Å²) in [6.07, 6.45) is 3.49. The Morgan fingerprint density at radius 3 is 2.42 bits per heavy atom. The van der Waals surface area contributed by atoms with Gasteiger partial charge in [-0.15, -0.1) is 0 Å². The van der Waals surface area contributed by atoms with Gasteiger partial charge < -0.3 is 5.32 Å². The van der Waals surface area contributed by atoms with Gasteiger partial charge in [-0.2, -0.15) is 5.10 Å². The first kappa shape index (κ1) is 18.1. The molecule has 2 aromatic heterocycles. The Labute approximate surface area is 154 Å². The third-order valence-electron chi connectivity index (χ3n) is 4.67. The van der Waals surface area contributed by atoms with E-state index in [1.165, 1.54) is 0 Å². The Morgan fingerprint density at radius 1 is 1.19 bits per heavy atom. The SMILES string of the molecule is CCc1cccc(CC)c1NC(=O)c1cc(C)nc2c1cnn2C(C)C. The summed E-state index contributed by atoms with van der Waals surface area (Å²) >= 11 is 0. The van der Waals surface area contributed by atoms with Crippen molar-refractivity contribution in [2.45, 2.75) is 53.5 Å². The van der Waals surface area contributed by atoms with Crippen molar-refractivity contribution < 1.29 is 4.79 Å². The van der Waals surface area contributed by atoms with E-state index in [0.29, 0.717) is 5.56 Å². The number of carbonyl (C=O) groups is 1. The van der Waals surface area contributed by atoms with Crippen LogP contribution in [0, 0.1) is 6.92 Å². The van der Waals surface area contributed by atoms with E-state index in [2.05, 4.69) is 61.3 Å². The first-order chi connectivity index (χ1) is 12.5.